The first-order valence-corrected chi connectivity index (χ1v) is 11.3. The molecule has 1 aliphatic heterocycles. The Labute approximate surface area is 187 Å². The summed E-state index contributed by atoms with van der Waals surface area (Å²) in [7, 11) is 0. The van der Waals surface area contributed by atoms with Crippen molar-refractivity contribution < 1.29 is 18.0 Å². The molecule has 170 valence electrons. The van der Waals surface area contributed by atoms with Gasteiger partial charge in [-0.3, -0.25) is 4.79 Å². The van der Waals surface area contributed by atoms with Gasteiger partial charge in [-0.25, -0.2) is 0 Å². The van der Waals surface area contributed by atoms with Crippen LogP contribution >= 0.6 is 0 Å². The number of hydrogen-bond donors (Lipinski definition) is 2. The molecular formula is C26H29F3N2O. The van der Waals surface area contributed by atoms with Gasteiger partial charge in [-0.15, -0.1) is 0 Å². The second-order valence-corrected chi connectivity index (χ2v) is 8.87. The predicted molar refractivity (Wildman–Crippen MR) is 122 cm³/mol. The quantitative estimate of drug-likeness (QED) is 0.538. The standard InChI is InChI=1S/C26H29F3N2O/c1-16-7-3-8-18(15-23(16)26(27,28)29)31-25(32)20-10-4-9-19(17(20)2)21-11-5-13-24-22(21)12-6-14-30-24/h4-5,7,9-11,13,18,23,30H,3,6,8,12,14-15H2,1-2H3,(H,31,32). The third-order valence-corrected chi connectivity index (χ3v) is 6.75. The zero-order chi connectivity index (χ0) is 22.9. The molecule has 0 fully saturated rings. The number of amides is 1. The van der Waals surface area contributed by atoms with E-state index in [1.54, 1.807) is 12.1 Å². The molecule has 3 nitrogen and oxygen atoms in total. The van der Waals surface area contributed by atoms with Crippen LogP contribution < -0.4 is 10.6 Å². The molecule has 1 heterocycles. The van der Waals surface area contributed by atoms with Crippen LogP contribution in [0.2, 0.25) is 0 Å². The van der Waals surface area contributed by atoms with Crippen molar-refractivity contribution in [1.29, 1.82) is 0 Å². The Morgan fingerprint density at radius 2 is 1.84 bits per heavy atom. The first-order chi connectivity index (χ1) is 15.3. The molecule has 1 amide bonds. The first-order valence-electron chi connectivity index (χ1n) is 11.3. The summed E-state index contributed by atoms with van der Waals surface area (Å²) in [5, 5.41) is 6.33. The van der Waals surface area contributed by atoms with Crippen LogP contribution in [0.1, 0.15) is 54.1 Å². The normalized spacial score (nSPS) is 21.1. The molecule has 2 aromatic rings. The topological polar surface area (TPSA) is 41.1 Å². The van der Waals surface area contributed by atoms with E-state index in [1.807, 2.05) is 25.1 Å². The van der Waals surface area contributed by atoms with Crippen LogP contribution in [0.15, 0.2) is 48.0 Å². The number of alkyl halides is 3. The second-order valence-electron chi connectivity index (χ2n) is 8.87. The fourth-order valence-corrected chi connectivity index (χ4v) is 4.96. The zero-order valence-corrected chi connectivity index (χ0v) is 18.5. The Morgan fingerprint density at radius 3 is 2.62 bits per heavy atom. The molecular weight excluding hydrogens is 413 g/mol. The minimum absolute atomic E-state index is 0.117. The molecule has 2 aromatic carbocycles. The third-order valence-electron chi connectivity index (χ3n) is 6.75. The molecule has 2 N–H and O–H groups in total. The molecule has 4 rings (SSSR count). The van der Waals surface area contributed by atoms with Gasteiger partial charge in [-0.05, 0) is 80.3 Å². The van der Waals surface area contributed by atoms with E-state index in [0.717, 1.165) is 41.8 Å². The zero-order valence-electron chi connectivity index (χ0n) is 18.5. The molecule has 0 spiro atoms. The van der Waals surface area contributed by atoms with Crippen LogP contribution in [0, 0.1) is 12.8 Å². The van der Waals surface area contributed by atoms with Gasteiger partial charge in [-0.1, -0.05) is 35.9 Å². The summed E-state index contributed by atoms with van der Waals surface area (Å²) >= 11 is 0. The fraction of sp³-hybridized carbons (Fsp3) is 0.423. The molecule has 0 radical (unpaired) electrons. The SMILES string of the molecule is CC1=CCCC(NC(=O)c2cccc(-c3cccc4c3CCCN4)c2C)CC1C(F)(F)F. The molecule has 2 unspecified atom stereocenters. The number of nitrogens with one attached hydrogen (secondary N) is 2. The van der Waals surface area contributed by atoms with Gasteiger partial charge < -0.3 is 10.6 Å². The molecule has 0 saturated carbocycles. The minimum atomic E-state index is -4.30. The van der Waals surface area contributed by atoms with E-state index in [2.05, 4.69) is 22.8 Å². The van der Waals surface area contributed by atoms with E-state index < -0.39 is 18.1 Å². The van der Waals surface area contributed by atoms with Crippen molar-refractivity contribution in [2.24, 2.45) is 5.92 Å². The van der Waals surface area contributed by atoms with Crippen molar-refractivity contribution in [2.45, 2.75) is 58.2 Å². The van der Waals surface area contributed by atoms with E-state index in [-0.39, 0.29) is 12.3 Å². The molecule has 0 bridgehead atoms. The summed E-state index contributed by atoms with van der Waals surface area (Å²) in [6.45, 7) is 4.40. The molecule has 0 aromatic heterocycles. The number of benzene rings is 2. The molecule has 2 aliphatic rings. The monoisotopic (exact) mass is 442 g/mol. The summed E-state index contributed by atoms with van der Waals surface area (Å²) in [4.78, 5) is 13.1. The van der Waals surface area contributed by atoms with Crippen molar-refractivity contribution in [1.82, 2.24) is 5.32 Å². The predicted octanol–water partition coefficient (Wildman–Crippen LogP) is 6.43. The summed E-state index contributed by atoms with van der Waals surface area (Å²) < 4.78 is 40.5. The van der Waals surface area contributed by atoms with E-state index in [9.17, 15) is 18.0 Å². The molecule has 2 atom stereocenters. The van der Waals surface area contributed by atoms with Gasteiger partial charge in [0.05, 0.1) is 5.92 Å². The lowest BCUT2D eigenvalue weighted by molar-refractivity contribution is -0.166. The lowest BCUT2D eigenvalue weighted by atomic mass is 9.89. The Hall–Kier alpha value is -2.76. The van der Waals surface area contributed by atoms with Crippen molar-refractivity contribution in [2.75, 3.05) is 11.9 Å². The summed E-state index contributed by atoms with van der Waals surface area (Å²) in [5.41, 5.74) is 6.17. The van der Waals surface area contributed by atoms with Crippen molar-refractivity contribution >= 4 is 11.6 Å². The number of hydrogen-bond acceptors (Lipinski definition) is 2. The highest BCUT2D eigenvalue weighted by atomic mass is 19.4. The maximum atomic E-state index is 13.5. The van der Waals surface area contributed by atoms with Gasteiger partial charge in [0.1, 0.15) is 0 Å². The third kappa shape index (κ3) is 4.54. The summed E-state index contributed by atoms with van der Waals surface area (Å²) in [6, 6.07) is 11.3. The van der Waals surface area contributed by atoms with Crippen LogP contribution in [0.4, 0.5) is 18.9 Å². The molecule has 6 heteroatoms. The molecule has 0 saturated heterocycles. The second kappa shape index (κ2) is 9.00. The number of rotatable bonds is 3. The Bertz CT molecular complexity index is 1040. The lowest BCUT2D eigenvalue weighted by Gasteiger charge is -2.25. The first kappa shape index (κ1) is 22.4. The van der Waals surface area contributed by atoms with E-state index in [0.29, 0.717) is 24.0 Å². The van der Waals surface area contributed by atoms with Crippen molar-refractivity contribution in [3.05, 3.63) is 64.7 Å². The van der Waals surface area contributed by atoms with Crippen LogP contribution in [-0.4, -0.2) is 24.7 Å². The number of allylic oxidation sites excluding steroid dienone is 2. The fourth-order valence-electron chi connectivity index (χ4n) is 4.96. The number of anilines is 1. The van der Waals surface area contributed by atoms with Gasteiger partial charge in [0.2, 0.25) is 0 Å². The van der Waals surface area contributed by atoms with Crippen LogP contribution in [0.25, 0.3) is 11.1 Å². The van der Waals surface area contributed by atoms with Crippen molar-refractivity contribution in [3.8, 4) is 11.1 Å². The number of carbonyl (C=O) groups is 1. The highest BCUT2D eigenvalue weighted by molar-refractivity contribution is 5.98. The maximum absolute atomic E-state index is 13.5. The lowest BCUT2D eigenvalue weighted by Crippen LogP contribution is -2.38. The van der Waals surface area contributed by atoms with Gasteiger partial charge >= 0.3 is 6.18 Å². The van der Waals surface area contributed by atoms with Crippen LogP contribution in [-0.2, 0) is 6.42 Å². The van der Waals surface area contributed by atoms with E-state index in [1.165, 1.54) is 12.5 Å². The highest BCUT2D eigenvalue weighted by Crippen LogP contribution is 2.38. The van der Waals surface area contributed by atoms with E-state index >= 15 is 0 Å². The maximum Gasteiger partial charge on any atom is 0.395 e. The van der Waals surface area contributed by atoms with Crippen molar-refractivity contribution in [3.63, 3.8) is 0 Å². The van der Waals surface area contributed by atoms with Gasteiger partial charge in [-0.2, -0.15) is 13.2 Å². The Morgan fingerprint density at radius 1 is 1.09 bits per heavy atom. The molecule has 32 heavy (non-hydrogen) atoms. The Balaban J connectivity index is 1.59. The highest BCUT2D eigenvalue weighted by Gasteiger charge is 2.42. The Kier molecular flexibility index (Phi) is 6.31. The van der Waals surface area contributed by atoms with E-state index in [4.69, 9.17) is 0 Å². The smallest absolute Gasteiger partial charge is 0.385 e. The minimum Gasteiger partial charge on any atom is -0.385 e. The largest absolute Gasteiger partial charge is 0.395 e. The average molecular weight is 443 g/mol. The summed E-state index contributed by atoms with van der Waals surface area (Å²) in [6.07, 6.45) is 0.305. The number of fused-ring (bicyclic) bond motifs is 1. The number of halogens is 3. The summed E-state index contributed by atoms with van der Waals surface area (Å²) in [5.74, 6) is -1.82. The van der Waals surface area contributed by atoms with Gasteiger partial charge in [0.25, 0.3) is 5.91 Å². The van der Waals surface area contributed by atoms with Crippen LogP contribution in [0.3, 0.4) is 0 Å². The van der Waals surface area contributed by atoms with Gasteiger partial charge in [0, 0.05) is 23.8 Å². The average Bonchev–Trinajstić information content (AvgIpc) is 2.94. The number of carbonyl (C=O) groups excluding carboxylic acids is 1. The molecule has 1 aliphatic carbocycles. The van der Waals surface area contributed by atoms with Gasteiger partial charge in [0.15, 0.2) is 0 Å². The van der Waals surface area contributed by atoms with Crippen LogP contribution in [0.5, 0.6) is 0 Å².